The van der Waals surface area contributed by atoms with Crippen molar-refractivity contribution < 1.29 is 23.8 Å². The van der Waals surface area contributed by atoms with E-state index in [1.165, 1.54) is 6.08 Å². The van der Waals surface area contributed by atoms with Crippen LogP contribution in [0.25, 0.3) is 6.08 Å². The predicted octanol–water partition coefficient (Wildman–Crippen LogP) is 2.93. The minimum Gasteiger partial charge on any atom is -0.486 e. The van der Waals surface area contributed by atoms with Crippen LogP contribution >= 0.6 is 0 Å². The van der Waals surface area contributed by atoms with Gasteiger partial charge in [0.25, 0.3) is 5.91 Å². The molecule has 0 radical (unpaired) electrons. The maximum absolute atomic E-state index is 11.9. The molecule has 146 valence electrons. The summed E-state index contributed by atoms with van der Waals surface area (Å²) < 4.78 is 15.9. The third-order valence-corrected chi connectivity index (χ3v) is 4.30. The van der Waals surface area contributed by atoms with Crippen molar-refractivity contribution in [1.82, 2.24) is 5.32 Å². The monoisotopic (exact) mass is 381 g/mol. The maximum atomic E-state index is 11.9. The quantitative estimate of drug-likeness (QED) is 0.590. The van der Waals surface area contributed by atoms with E-state index in [-0.39, 0.29) is 18.4 Å². The van der Waals surface area contributed by atoms with Crippen molar-refractivity contribution >= 4 is 18.0 Å². The van der Waals surface area contributed by atoms with E-state index in [2.05, 4.69) is 5.32 Å². The van der Waals surface area contributed by atoms with Crippen LogP contribution in [0.5, 0.6) is 11.5 Å². The molecule has 1 amide bonds. The van der Waals surface area contributed by atoms with Gasteiger partial charge >= 0.3 is 5.97 Å². The normalized spacial score (nSPS) is 13.8. The Balaban J connectivity index is 1.41. The number of nitrogens with one attached hydrogen (secondary N) is 1. The third kappa shape index (κ3) is 5.61. The number of carbonyl (C=O) groups excluding carboxylic acids is 2. The largest absolute Gasteiger partial charge is 0.486 e. The van der Waals surface area contributed by atoms with Crippen molar-refractivity contribution in [3.63, 3.8) is 0 Å². The zero-order chi connectivity index (χ0) is 19.8. The van der Waals surface area contributed by atoms with Crippen LogP contribution in [0, 0.1) is 0 Å². The number of esters is 1. The topological polar surface area (TPSA) is 73.9 Å². The van der Waals surface area contributed by atoms with Crippen LogP contribution in [-0.4, -0.2) is 38.2 Å². The number of hydrogen-bond acceptors (Lipinski definition) is 5. The van der Waals surface area contributed by atoms with E-state index >= 15 is 0 Å². The lowest BCUT2D eigenvalue weighted by Crippen LogP contribution is -2.31. The molecule has 0 aromatic heterocycles. The first kappa shape index (κ1) is 19.5. The summed E-state index contributed by atoms with van der Waals surface area (Å²) in [6.07, 6.45) is 2.89. The minimum atomic E-state index is -0.582. The Morgan fingerprint density at radius 1 is 1.11 bits per heavy atom. The SMILES string of the molecule is C[C@H](CNC(=O)COC(=O)/C=C/c1ccc2c(c1)OCCO2)c1ccccc1. The summed E-state index contributed by atoms with van der Waals surface area (Å²) in [5.41, 5.74) is 1.92. The molecule has 2 aromatic carbocycles. The highest BCUT2D eigenvalue weighted by molar-refractivity contribution is 5.89. The van der Waals surface area contributed by atoms with Gasteiger partial charge in [0.1, 0.15) is 13.2 Å². The predicted molar refractivity (Wildman–Crippen MR) is 105 cm³/mol. The van der Waals surface area contributed by atoms with Gasteiger partial charge in [-0.1, -0.05) is 43.3 Å². The Labute approximate surface area is 164 Å². The summed E-state index contributed by atoms with van der Waals surface area (Å²) in [6, 6.07) is 15.3. The lowest BCUT2D eigenvalue weighted by molar-refractivity contribution is -0.143. The fourth-order valence-corrected chi connectivity index (χ4v) is 2.73. The van der Waals surface area contributed by atoms with E-state index in [1.54, 1.807) is 18.2 Å². The number of carbonyl (C=O) groups is 2. The molecule has 0 spiro atoms. The zero-order valence-corrected chi connectivity index (χ0v) is 15.7. The summed E-state index contributed by atoms with van der Waals surface area (Å²) in [5.74, 6) is 0.599. The van der Waals surface area contributed by atoms with Crippen LogP contribution < -0.4 is 14.8 Å². The van der Waals surface area contributed by atoms with Crippen LogP contribution in [-0.2, 0) is 14.3 Å². The van der Waals surface area contributed by atoms with Gasteiger partial charge in [-0.15, -0.1) is 0 Å². The van der Waals surface area contributed by atoms with E-state index in [9.17, 15) is 9.59 Å². The van der Waals surface area contributed by atoms with Crippen LogP contribution in [0.4, 0.5) is 0 Å². The molecule has 1 aliphatic rings. The molecule has 3 rings (SSSR count). The number of rotatable bonds is 7. The van der Waals surface area contributed by atoms with Gasteiger partial charge in [-0.2, -0.15) is 0 Å². The molecule has 2 aromatic rings. The number of hydrogen-bond donors (Lipinski definition) is 1. The van der Waals surface area contributed by atoms with Crippen LogP contribution in [0.15, 0.2) is 54.6 Å². The van der Waals surface area contributed by atoms with Crippen molar-refractivity contribution in [3.8, 4) is 11.5 Å². The van der Waals surface area contributed by atoms with Gasteiger partial charge in [-0.25, -0.2) is 4.79 Å². The second-order valence-corrected chi connectivity index (χ2v) is 6.46. The maximum Gasteiger partial charge on any atom is 0.331 e. The van der Waals surface area contributed by atoms with Crippen molar-refractivity contribution in [2.75, 3.05) is 26.4 Å². The van der Waals surface area contributed by atoms with Gasteiger partial charge in [0.15, 0.2) is 18.1 Å². The standard InChI is InChI=1S/C22H23NO5/c1-16(18-5-3-2-4-6-18)14-23-21(24)15-28-22(25)10-8-17-7-9-19-20(13-17)27-12-11-26-19/h2-10,13,16H,11-12,14-15H2,1H3,(H,23,24)/b10-8+/t16-/m1/s1. The van der Waals surface area contributed by atoms with Crippen molar-refractivity contribution in [2.45, 2.75) is 12.8 Å². The van der Waals surface area contributed by atoms with Crippen molar-refractivity contribution in [2.24, 2.45) is 0 Å². The molecule has 0 unspecified atom stereocenters. The molecule has 6 nitrogen and oxygen atoms in total. The molecular weight excluding hydrogens is 358 g/mol. The van der Waals surface area contributed by atoms with Gasteiger partial charge < -0.3 is 19.5 Å². The highest BCUT2D eigenvalue weighted by Gasteiger charge is 2.11. The highest BCUT2D eigenvalue weighted by atomic mass is 16.6. The molecule has 0 saturated carbocycles. The van der Waals surface area contributed by atoms with E-state index in [4.69, 9.17) is 14.2 Å². The number of benzene rings is 2. The molecule has 28 heavy (non-hydrogen) atoms. The molecule has 0 aliphatic carbocycles. The number of amides is 1. The van der Waals surface area contributed by atoms with Gasteiger partial charge in [0.2, 0.25) is 0 Å². The molecule has 1 N–H and O–H groups in total. The van der Waals surface area contributed by atoms with Gasteiger partial charge in [0.05, 0.1) is 0 Å². The molecule has 1 heterocycles. The average molecular weight is 381 g/mol. The fourth-order valence-electron chi connectivity index (χ4n) is 2.73. The zero-order valence-electron chi connectivity index (χ0n) is 15.7. The van der Waals surface area contributed by atoms with Gasteiger partial charge in [0, 0.05) is 12.6 Å². The molecule has 1 aliphatic heterocycles. The Morgan fingerprint density at radius 3 is 2.64 bits per heavy atom. The molecular formula is C22H23NO5. The Morgan fingerprint density at radius 2 is 1.86 bits per heavy atom. The molecule has 1 atom stereocenters. The van der Waals surface area contributed by atoms with Crippen molar-refractivity contribution in [1.29, 1.82) is 0 Å². The Hall–Kier alpha value is -3.28. The molecule has 0 fully saturated rings. The Kier molecular flexibility index (Phi) is 6.68. The first-order chi connectivity index (χ1) is 13.6. The van der Waals surface area contributed by atoms with E-state index in [0.717, 1.165) is 11.1 Å². The average Bonchev–Trinajstić information content (AvgIpc) is 2.75. The second-order valence-electron chi connectivity index (χ2n) is 6.46. The van der Waals surface area contributed by atoms with Gasteiger partial charge in [-0.3, -0.25) is 4.79 Å². The summed E-state index contributed by atoms with van der Waals surface area (Å²) in [6.45, 7) is 3.22. The summed E-state index contributed by atoms with van der Waals surface area (Å²) in [4.78, 5) is 23.7. The van der Waals surface area contributed by atoms with E-state index in [1.807, 2.05) is 43.3 Å². The smallest absolute Gasteiger partial charge is 0.331 e. The minimum absolute atomic E-state index is 0.177. The van der Waals surface area contributed by atoms with E-state index < -0.39 is 5.97 Å². The number of fused-ring (bicyclic) bond motifs is 1. The van der Waals surface area contributed by atoms with Crippen LogP contribution in [0.1, 0.15) is 24.0 Å². The van der Waals surface area contributed by atoms with Gasteiger partial charge in [-0.05, 0) is 35.3 Å². The summed E-state index contributed by atoms with van der Waals surface area (Å²) in [7, 11) is 0. The third-order valence-electron chi connectivity index (χ3n) is 4.30. The summed E-state index contributed by atoms with van der Waals surface area (Å²) in [5, 5.41) is 2.77. The van der Waals surface area contributed by atoms with Crippen LogP contribution in [0.3, 0.4) is 0 Å². The first-order valence-electron chi connectivity index (χ1n) is 9.18. The molecule has 0 bridgehead atoms. The fraction of sp³-hybridized carbons (Fsp3) is 0.273. The van der Waals surface area contributed by atoms with E-state index in [0.29, 0.717) is 31.3 Å². The lowest BCUT2D eigenvalue weighted by Gasteiger charge is -2.18. The van der Waals surface area contributed by atoms with Crippen molar-refractivity contribution in [3.05, 3.63) is 65.7 Å². The highest BCUT2D eigenvalue weighted by Crippen LogP contribution is 2.31. The second kappa shape index (κ2) is 9.60. The summed E-state index contributed by atoms with van der Waals surface area (Å²) >= 11 is 0. The Bertz CT molecular complexity index is 847. The van der Waals surface area contributed by atoms with Crippen LogP contribution in [0.2, 0.25) is 0 Å². The molecule has 0 saturated heterocycles. The first-order valence-corrected chi connectivity index (χ1v) is 9.18. The lowest BCUT2D eigenvalue weighted by atomic mass is 10.0. The molecule has 6 heteroatoms. The number of ether oxygens (including phenoxy) is 3.